The Labute approximate surface area is 109 Å². The van der Waals surface area contributed by atoms with Gasteiger partial charge in [0.05, 0.1) is 6.04 Å². The van der Waals surface area contributed by atoms with E-state index in [4.69, 9.17) is 23.2 Å². The van der Waals surface area contributed by atoms with Crippen LogP contribution < -0.4 is 10.6 Å². The molecule has 0 spiro atoms. The molecule has 2 N–H and O–H groups in total. The van der Waals surface area contributed by atoms with Crippen molar-refractivity contribution in [2.24, 2.45) is 0 Å². The summed E-state index contributed by atoms with van der Waals surface area (Å²) in [5.74, 6) is -0.121. The fraction of sp³-hybridized carbons (Fsp3) is 0.273. The third-order valence-electron chi connectivity index (χ3n) is 2.08. The van der Waals surface area contributed by atoms with E-state index < -0.39 is 12.1 Å². The summed E-state index contributed by atoms with van der Waals surface area (Å²) in [5, 5.41) is 5.87. The molecule has 1 unspecified atom stereocenters. The van der Waals surface area contributed by atoms with Crippen molar-refractivity contribution < 1.29 is 9.59 Å². The van der Waals surface area contributed by atoms with Crippen LogP contribution >= 0.6 is 23.2 Å². The summed E-state index contributed by atoms with van der Waals surface area (Å²) >= 11 is 11.6. The molecule has 0 heterocycles. The molecule has 4 nitrogen and oxygen atoms in total. The number of hydrogen-bond acceptors (Lipinski definition) is 2. The molecule has 0 saturated carbocycles. The molecule has 1 atom stereocenters. The van der Waals surface area contributed by atoms with Crippen LogP contribution in [0.1, 0.15) is 13.8 Å². The zero-order valence-corrected chi connectivity index (χ0v) is 10.9. The van der Waals surface area contributed by atoms with Gasteiger partial charge in [-0.3, -0.25) is 4.79 Å². The number of carbonyl (C=O) groups is 2. The highest BCUT2D eigenvalue weighted by molar-refractivity contribution is 6.35. The lowest BCUT2D eigenvalue weighted by molar-refractivity contribution is -0.118. The van der Waals surface area contributed by atoms with Gasteiger partial charge in [-0.05, 0) is 32.0 Å². The van der Waals surface area contributed by atoms with Crippen LogP contribution in [0.5, 0.6) is 0 Å². The van der Waals surface area contributed by atoms with Crippen LogP contribution in [-0.2, 0) is 4.79 Å². The van der Waals surface area contributed by atoms with E-state index in [0.717, 1.165) is 0 Å². The number of ketones is 1. The average Bonchev–Trinajstić information content (AvgIpc) is 2.14. The highest BCUT2D eigenvalue weighted by atomic mass is 35.5. The molecular weight excluding hydrogens is 263 g/mol. The number of benzene rings is 1. The topological polar surface area (TPSA) is 58.2 Å². The average molecular weight is 275 g/mol. The van der Waals surface area contributed by atoms with E-state index in [1.165, 1.54) is 6.92 Å². The monoisotopic (exact) mass is 274 g/mol. The quantitative estimate of drug-likeness (QED) is 0.890. The number of nitrogens with one attached hydrogen (secondary N) is 2. The van der Waals surface area contributed by atoms with Gasteiger partial charge in [0.1, 0.15) is 0 Å². The standard InChI is InChI=1S/C11H12Cl2N2O2/c1-6(7(2)16)14-11(17)15-10-4-8(12)3-9(13)5-10/h3-6H,1-2H3,(H2,14,15,17). The molecule has 0 aliphatic carbocycles. The maximum atomic E-state index is 11.5. The highest BCUT2D eigenvalue weighted by Gasteiger charge is 2.11. The largest absolute Gasteiger partial charge is 0.328 e. The second-order valence-electron chi connectivity index (χ2n) is 3.59. The maximum Gasteiger partial charge on any atom is 0.319 e. The normalized spacial score (nSPS) is 11.8. The Balaban J connectivity index is 2.65. The summed E-state index contributed by atoms with van der Waals surface area (Å²) in [6, 6.07) is 3.66. The Morgan fingerprint density at radius 2 is 1.71 bits per heavy atom. The van der Waals surface area contributed by atoms with E-state index in [9.17, 15) is 9.59 Å². The molecule has 1 aromatic carbocycles. The van der Waals surface area contributed by atoms with Crippen molar-refractivity contribution in [1.82, 2.24) is 5.32 Å². The van der Waals surface area contributed by atoms with Gasteiger partial charge in [-0.2, -0.15) is 0 Å². The smallest absolute Gasteiger partial charge is 0.319 e. The minimum Gasteiger partial charge on any atom is -0.328 e. The summed E-state index contributed by atoms with van der Waals surface area (Å²) in [4.78, 5) is 22.4. The first kappa shape index (κ1) is 13.8. The molecule has 0 aliphatic rings. The van der Waals surface area contributed by atoms with E-state index >= 15 is 0 Å². The highest BCUT2D eigenvalue weighted by Crippen LogP contribution is 2.22. The van der Waals surface area contributed by atoms with Crippen molar-refractivity contribution in [3.05, 3.63) is 28.2 Å². The van der Waals surface area contributed by atoms with Gasteiger partial charge >= 0.3 is 6.03 Å². The molecule has 1 rings (SSSR count). The second-order valence-corrected chi connectivity index (χ2v) is 4.46. The Morgan fingerprint density at radius 3 is 2.18 bits per heavy atom. The van der Waals surface area contributed by atoms with Crippen LogP contribution in [0, 0.1) is 0 Å². The molecule has 0 fully saturated rings. The molecule has 0 aliphatic heterocycles. The van der Waals surface area contributed by atoms with Gasteiger partial charge in [-0.25, -0.2) is 4.79 Å². The molecule has 0 radical (unpaired) electrons. The SMILES string of the molecule is CC(=O)C(C)NC(=O)Nc1cc(Cl)cc(Cl)c1. The van der Waals surface area contributed by atoms with E-state index in [-0.39, 0.29) is 5.78 Å². The molecule has 92 valence electrons. The number of anilines is 1. The summed E-state index contributed by atoms with van der Waals surface area (Å²) in [5.41, 5.74) is 0.468. The van der Waals surface area contributed by atoms with E-state index in [1.54, 1.807) is 25.1 Å². The lowest BCUT2D eigenvalue weighted by atomic mass is 10.2. The van der Waals surface area contributed by atoms with Crippen molar-refractivity contribution in [3.63, 3.8) is 0 Å². The number of Topliss-reactive ketones (excluding diaryl/α,β-unsaturated/α-hetero) is 1. The number of rotatable bonds is 3. The minimum atomic E-state index is -0.537. The Kier molecular flexibility index (Phi) is 4.78. The minimum absolute atomic E-state index is 0.121. The van der Waals surface area contributed by atoms with Crippen molar-refractivity contribution >= 4 is 40.7 Å². The fourth-order valence-corrected chi connectivity index (χ4v) is 1.62. The van der Waals surface area contributed by atoms with Gasteiger partial charge in [0.15, 0.2) is 5.78 Å². The molecule has 1 aromatic rings. The molecule has 17 heavy (non-hydrogen) atoms. The van der Waals surface area contributed by atoms with Crippen LogP contribution in [0.15, 0.2) is 18.2 Å². The third kappa shape index (κ3) is 4.63. The van der Waals surface area contributed by atoms with Crippen LogP contribution in [0.25, 0.3) is 0 Å². The number of carbonyl (C=O) groups excluding carboxylic acids is 2. The van der Waals surface area contributed by atoms with E-state index in [0.29, 0.717) is 15.7 Å². The molecule has 2 amide bonds. The molecule has 0 aromatic heterocycles. The second kappa shape index (κ2) is 5.89. The van der Waals surface area contributed by atoms with Crippen molar-refractivity contribution in [2.45, 2.75) is 19.9 Å². The van der Waals surface area contributed by atoms with Crippen LogP contribution in [-0.4, -0.2) is 17.9 Å². The van der Waals surface area contributed by atoms with Crippen LogP contribution in [0.3, 0.4) is 0 Å². The Morgan fingerprint density at radius 1 is 1.18 bits per heavy atom. The lowest BCUT2D eigenvalue weighted by Crippen LogP contribution is -2.39. The zero-order chi connectivity index (χ0) is 13.0. The maximum absolute atomic E-state index is 11.5. The Bertz CT molecular complexity index is 429. The molecule has 0 bridgehead atoms. The number of halogens is 2. The predicted octanol–water partition coefficient (Wildman–Crippen LogP) is 3.09. The van der Waals surface area contributed by atoms with Gasteiger partial charge in [-0.1, -0.05) is 23.2 Å². The van der Waals surface area contributed by atoms with Crippen molar-refractivity contribution in [1.29, 1.82) is 0 Å². The number of amides is 2. The number of urea groups is 1. The van der Waals surface area contributed by atoms with E-state index in [2.05, 4.69) is 10.6 Å². The zero-order valence-electron chi connectivity index (χ0n) is 9.38. The molecular formula is C11H12Cl2N2O2. The molecule has 0 saturated heterocycles. The summed E-state index contributed by atoms with van der Waals surface area (Å²) in [6.45, 7) is 3.01. The van der Waals surface area contributed by atoms with E-state index in [1.807, 2.05) is 0 Å². The van der Waals surface area contributed by atoms with Crippen LogP contribution in [0.2, 0.25) is 10.0 Å². The summed E-state index contributed by atoms with van der Waals surface area (Å²) in [6.07, 6.45) is 0. The molecule has 6 heteroatoms. The summed E-state index contributed by atoms with van der Waals surface area (Å²) in [7, 11) is 0. The van der Waals surface area contributed by atoms with Crippen molar-refractivity contribution in [2.75, 3.05) is 5.32 Å². The first-order chi connectivity index (χ1) is 7.88. The first-order valence-corrected chi connectivity index (χ1v) is 5.68. The first-order valence-electron chi connectivity index (χ1n) is 4.92. The fourth-order valence-electron chi connectivity index (χ4n) is 1.09. The Hall–Kier alpha value is -1.26. The van der Waals surface area contributed by atoms with Crippen molar-refractivity contribution in [3.8, 4) is 0 Å². The van der Waals surface area contributed by atoms with Gasteiger partial charge in [0.2, 0.25) is 0 Å². The third-order valence-corrected chi connectivity index (χ3v) is 2.51. The predicted molar refractivity (Wildman–Crippen MR) is 68.8 cm³/mol. The van der Waals surface area contributed by atoms with Gasteiger partial charge < -0.3 is 10.6 Å². The summed E-state index contributed by atoms with van der Waals surface area (Å²) < 4.78 is 0. The lowest BCUT2D eigenvalue weighted by Gasteiger charge is -2.12. The van der Waals surface area contributed by atoms with Gasteiger partial charge in [-0.15, -0.1) is 0 Å². The number of hydrogen-bond donors (Lipinski definition) is 2. The van der Waals surface area contributed by atoms with Gasteiger partial charge in [0, 0.05) is 15.7 Å². The van der Waals surface area contributed by atoms with Gasteiger partial charge in [0.25, 0.3) is 0 Å². The van der Waals surface area contributed by atoms with Crippen LogP contribution in [0.4, 0.5) is 10.5 Å².